The highest BCUT2D eigenvalue weighted by atomic mass is 35.5. The molecular weight excluding hydrogens is 566 g/mol. The summed E-state index contributed by atoms with van der Waals surface area (Å²) >= 11 is 7.22. The molecular formula is C29H32ClN5O5S. The molecule has 1 aromatic carbocycles. The maximum Gasteiger partial charge on any atom is 0.289 e. The number of nitrogens with zero attached hydrogens (tertiary/aromatic N) is 2. The Bertz CT molecular complexity index is 1390. The molecule has 0 radical (unpaired) electrons. The van der Waals surface area contributed by atoms with Crippen LogP contribution in [0.1, 0.15) is 61.2 Å². The van der Waals surface area contributed by atoms with Crippen molar-refractivity contribution in [3.63, 3.8) is 0 Å². The summed E-state index contributed by atoms with van der Waals surface area (Å²) in [5.41, 5.74) is 1.50. The standard InChI is InChI=1S/C29H32ClN5O5S/c30-18-3-1-16(2-4-18)21-15-41-27(34-21)28(40)35-12-10-29(8-9-29)14-22(35)25(38)33-20(13-17-7-11-31-24(17)37)23(36)26(39)32-19-5-6-19/h1-4,15,17,19-20,22H,5-14H2,(H,31,37)(H,32,39)(H,33,38). The monoisotopic (exact) mass is 597 g/mol. The molecule has 2 aromatic rings. The van der Waals surface area contributed by atoms with E-state index < -0.39 is 35.6 Å². The van der Waals surface area contributed by atoms with E-state index >= 15 is 0 Å². The minimum absolute atomic E-state index is 0.0182. The van der Waals surface area contributed by atoms with Crippen molar-refractivity contribution in [1.82, 2.24) is 25.8 Å². The van der Waals surface area contributed by atoms with Crippen LogP contribution in [0, 0.1) is 11.3 Å². The number of carbonyl (C=O) groups is 5. The second kappa shape index (κ2) is 11.2. The zero-order valence-electron chi connectivity index (χ0n) is 22.5. The SMILES string of the molecule is O=C(NC1CC1)C(=O)C(CC1CCNC1=O)NC(=O)C1CC2(CCN1C(=O)c1nc(-c3ccc(Cl)cc3)cs1)CC2. The van der Waals surface area contributed by atoms with Crippen LogP contribution < -0.4 is 16.0 Å². The van der Waals surface area contributed by atoms with Crippen LogP contribution in [0.5, 0.6) is 0 Å². The maximum absolute atomic E-state index is 13.8. The Kier molecular flexibility index (Phi) is 7.58. The van der Waals surface area contributed by atoms with Gasteiger partial charge in [-0.25, -0.2) is 4.98 Å². The van der Waals surface area contributed by atoms with Crippen LogP contribution >= 0.6 is 22.9 Å². The summed E-state index contributed by atoms with van der Waals surface area (Å²) in [5.74, 6) is -2.98. The third-order valence-electron chi connectivity index (χ3n) is 8.69. The largest absolute Gasteiger partial charge is 0.356 e. The van der Waals surface area contributed by atoms with Crippen molar-refractivity contribution >= 4 is 52.3 Å². The third kappa shape index (κ3) is 6.16. The fraction of sp³-hybridized carbons (Fsp3) is 0.517. The molecule has 3 unspecified atom stereocenters. The second-order valence-electron chi connectivity index (χ2n) is 11.7. The molecule has 2 aliphatic heterocycles. The number of halogens is 1. The second-order valence-corrected chi connectivity index (χ2v) is 13.0. The number of benzene rings is 1. The Balaban J connectivity index is 1.21. The molecule has 3 heterocycles. The first-order valence-corrected chi connectivity index (χ1v) is 15.4. The van der Waals surface area contributed by atoms with Gasteiger partial charge in [-0.3, -0.25) is 24.0 Å². The number of thiazole rings is 1. The molecule has 4 amide bonds. The van der Waals surface area contributed by atoms with Crippen LogP contribution in [-0.2, 0) is 19.2 Å². The number of amides is 4. The van der Waals surface area contributed by atoms with Crippen molar-refractivity contribution in [2.24, 2.45) is 11.3 Å². The van der Waals surface area contributed by atoms with Crippen LogP contribution in [0.3, 0.4) is 0 Å². The summed E-state index contributed by atoms with van der Waals surface area (Å²) in [6.07, 6.45) is 5.47. The number of likely N-dealkylation sites (tertiary alicyclic amines) is 1. The summed E-state index contributed by atoms with van der Waals surface area (Å²) in [7, 11) is 0. The highest BCUT2D eigenvalue weighted by Crippen LogP contribution is 2.55. The summed E-state index contributed by atoms with van der Waals surface area (Å²) < 4.78 is 0. The van der Waals surface area contributed by atoms with Crippen LogP contribution in [-0.4, -0.2) is 70.5 Å². The third-order valence-corrected chi connectivity index (χ3v) is 9.77. The molecule has 41 heavy (non-hydrogen) atoms. The van der Waals surface area contributed by atoms with Crippen molar-refractivity contribution in [3.8, 4) is 11.3 Å². The maximum atomic E-state index is 13.8. The Morgan fingerprint density at radius 2 is 1.88 bits per heavy atom. The first-order valence-electron chi connectivity index (χ1n) is 14.2. The van der Waals surface area contributed by atoms with Gasteiger partial charge >= 0.3 is 0 Å². The minimum atomic E-state index is -1.15. The Morgan fingerprint density at radius 1 is 1.12 bits per heavy atom. The Morgan fingerprint density at radius 3 is 2.54 bits per heavy atom. The van der Waals surface area contributed by atoms with Crippen LogP contribution in [0.2, 0.25) is 5.02 Å². The zero-order chi connectivity index (χ0) is 28.7. The number of ketones is 1. The van der Waals surface area contributed by atoms with Gasteiger partial charge in [-0.1, -0.05) is 23.7 Å². The van der Waals surface area contributed by atoms with Gasteiger partial charge in [-0.15, -0.1) is 11.3 Å². The summed E-state index contributed by atoms with van der Waals surface area (Å²) in [6.45, 7) is 0.893. The summed E-state index contributed by atoms with van der Waals surface area (Å²) in [5, 5.41) is 10.9. The Labute approximate surface area is 246 Å². The van der Waals surface area contributed by atoms with Gasteiger partial charge in [-0.05, 0) is 68.9 Å². The topological polar surface area (TPSA) is 138 Å². The van der Waals surface area contributed by atoms with Crippen molar-refractivity contribution in [2.45, 2.75) is 69.5 Å². The first-order chi connectivity index (χ1) is 19.7. The molecule has 2 saturated heterocycles. The van der Waals surface area contributed by atoms with Gasteiger partial charge in [-0.2, -0.15) is 0 Å². The van der Waals surface area contributed by atoms with E-state index in [-0.39, 0.29) is 34.7 Å². The summed E-state index contributed by atoms with van der Waals surface area (Å²) in [6, 6.07) is 5.21. The zero-order valence-corrected chi connectivity index (χ0v) is 24.1. The average Bonchev–Trinajstić information content (AvgIpc) is 3.84. The van der Waals surface area contributed by atoms with E-state index in [0.29, 0.717) is 36.6 Å². The van der Waals surface area contributed by atoms with E-state index in [1.165, 1.54) is 11.3 Å². The molecule has 10 nitrogen and oxygen atoms in total. The van der Waals surface area contributed by atoms with Gasteiger partial charge in [0.2, 0.25) is 17.6 Å². The highest BCUT2D eigenvalue weighted by Gasteiger charge is 2.51. The fourth-order valence-corrected chi connectivity index (χ4v) is 6.70. The van der Waals surface area contributed by atoms with E-state index in [4.69, 9.17) is 11.6 Å². The van der Waals surface area contributed by atoms with E-state index in [0.717, 1.165) is 37.7 Å². The predicted molar refractivity (Wildman–Crippen MR) is 152 cm³/mol. The van der Waals surface area contributed by atoms with Gasteiger partial charge in [0.15, 0.2) is 5.01 Å². The number of Topliss-reactive ketones (excluding diaryl/α,β-unsaturated/α-hetero) is 1. The number of hydrogen-bond acceptors (Lipinski definition) is 7. The summed E-state index contributed by atoms with van der Waals surface area (Å²) in [4.78, 5) is 71.8. The quantitative estimate of drug-likeness (QED) is 0.380. The van der Waals surface area contributed by atoms with E-state index in [2.05, 4.69) is 20.9 Å². The fourth-order valence-electron chi connectivity index (χ4n) is 5.79. The molecule has 3 N–H and O–H groups in total. The van der Waals surface area contributed by atoms with E-state index in [1.54, 1.807) is 22.4 Å². The predicted octanol–water partition coefficient (Wildman–Crippen LogP) is 2.71. The van der Waals surface area contributed by atoms with E-state index in [1.807, 2.05) is 12.1 Å². The lowest BCUT2D eigenvalue weighted by molar-refractivity contribution is -0.141. The number of piperidine rings is 1. The number of hydrogen-bond donors (Lipinski definition) is 3. The first kappa shape index (κ1) is 27.8. The number of carbonyl (C=O) groups excluding carboxylic acids is 5. The van der Waals surface area contributed by atoms with Crippen molar-refractivity contribution < 1.29 is 24.0 Å². The molecule has 3 atom stereocenters. The molecule has 216 valence electrons. The van der Waals surface area contributed by atoms with Gasteiger partial charge in [0.25, 0.3) is 11.8 Å². The lowest BCUT2D eigenvalue weighted by atomic mass is 9.87. The molecule has 6 rings (SSSR count). The van der Waals surface area contributed by atoms with Gasteiger partial charge < -0.3 is 20.9 Å². The van der Waals surface area contributed by atoms with Gasteiger partial charge in [0.05, 0.1) is 11.7 Å². The molecule has 12 heteroatoms. The molecule has 4 fully saturated rings. The lowest BCUT2D eigenvalue weighted by Gasteiger charge is -2.39. The van der Waals surface area contributed by atoms with Crippen molar-refractivity contribution in [3.05, 3.63) is 39.7 Å². The molecule has 2 saturated carbocycles. The molecule has 1 spiro atoms. The molecule has 0 bridgehead atoms. The van der Waals surface area contributed by atoms with E-state index in [9.17, 15) is 24.0 Å². The smallest absolute Gasteiger partial charge is 0.289 e. The van der Waals surface area contributed by atoms with Crippen LogP contribution in [0.15, 0.2) is 29.6 Å². The minimum Gasteiger partial charge on any atom is -0.356 e. The van der Waals surface area contributed by atoms with Crippen molar-refractivity contribution in [1.29, 1.82) is 0 Å². The van der Waals surface area contributed by atoms with Crippen LogP contribution in [0.25, 0.3) is 11.3 Å². The number of nitrogens with one attached hydrogen (secondary N) is 3. The average molecular weight is 598 g/mol. The van der Waals surface area contributed by atoms with Crippen molar-refractivity contribution in [2.75, 3.05) is 13.1 Å². The lowest BCUT2D eigenvalue weighted by Crippen LogP contribution is -2.58. The Hall–Kier alpha value is -3.31. The number of aromatic nitrogens is 1. The number of rotatable bonds is 9. The normalized spacial score (nSPS) is 23.5. The molecule has 2 aliphatic carbocycles. The van der Waals surface area contributed by atoms with Gasteiger partial charge in [0, 0.05) is 41.0 Å². The van der Waals surface area contributed by atoms with Gasteiger partial charge in [0.1, 0.15) is 6.04 Å². The molecule has 4 aliphatic rings. The molecule has 1 aromatic heterocycles. The van der Waals surface area contributed by atoms with Crippen LogP contribution in [0.4, 0.5) is 0 Å². The highest BCUT2D eigenvalue weighted by molar-refractivity contribution is 7.12.